The minimum atomic E-state index is -5.58. The van der Waals surface area contributed by atoms with Gasteiger partial charge in [0, 0.05) is 33.0 Å². The van der Waals surface area contributed by atoms with E-state index < -0.39 is 125 Å². The minimum absolute atomic E-state index is 0.202. The molecule has 11 atom stereocenters. The van der Waals surface area contributed by atoms with Crippen molar-refractivity contribution in [3.63, 3.8) is 0 Å². The number of anilines is 1. The number of nitriles is 2. The van der Waals surface area contributed by atoms with Crippen LogP contribution in [-0.2, 0) is 65.9 Å². The average molecular weight is 1190 g/mol. The molecule has 0 saturated carbocycles. The summed E-state index contributed by atoms with van der Waals surface area (Å²) >= 11 is 0. The van der Waals surface area contributed by atoms with E-state index >= 15 is 0 Å². The van der Waals surface area contributed by atoms with Crippen molar-refractivity contribution >= 4 is 51.4 Å². The number of carbonyl (C=O) groups excluding carboxylic acids is 3. The molecule has 5 N–H and O–H groups in total. The van der Waals surface area contributed by atoms with Crippen molar-refractivity contribution in [2.45, 2.75) is 94.2 Å². The zero-order valence-corrected chi connectivity index (χ0v) is 46.6. The fraction of sp³-hybridized carbons (Fsp3) is 0.385. The molecule has 0 radical (unpaired) electrons. The number of methoxy groups -OCH3 is 2. The van der Waals surface area contributed by atoms with Crippen LogP contribution in [0.15, 0.2) is 112 Å². The van der Waals surface area contributed by atoms with Crippen LogP contribution in [0.5, 0.6) is 11.5 Å². The van der Waals surface area contributed by atoms with Crippen molar-refractivity contribution in [3.05, 3.63) is 145 Å². The van der Waals surface area contributed by atoms with Crippen molar-refractivity contribution < 1.29 is 80.0 Å². The summed E-state index contributed by atoms with van der Waals surface area (Å²) < 4.78 is 81.5. The summed E-state index contributed by atoms with van der Waals surface area (Å²) in [5.74, 6) is -1.79. The molecule has 2 fully saturated rings. The third kappa shape index (κ3) is 13.7. The van der Waals surface area contributed by atoms with Crippen molar-refractivity contribution in [3.8, 4) is 23.6 Å². The fourth-order valence-electron chi connectivity index (χ4n) is 9.65. The van der Waals surface area contributed by atoms with Crippen LogP contribution in [0.25, 0.3) is 11.2 Å². The normalized spacial score (nSPS) is 21.9. The van der Waals surface area contributed by atoms with Crippen LogP contribution in [-0.4, -0.2) is 134 Å². The van der Waals surface area contributed by atoms with Crippen LogP contribution in [0.3, 0.4) is 0 Å². The van der Waals surface area contributed by atoms with Gasteiger partial charge in [-0.15, -0.1) is 0 Å². The maximum atomic E-state index is 14.4. The summed E-state index contributed by atoms with van der Waals surface area (Å²) in [7, 11) is -5.93. The molecule has 2 saturated heterocycles. The van der Waals surface area contributed by atoms with Gasteiger partial charge in [0.1, 0.15) is 42.0 Å². The number of rotatable bonds is 25. The standard InChI is InChI=1S/C52H55N9O20P2/c1-29(62)56-50-58-46-39(47(67)59-50)55-28-61(46)49-44(77-31(3)64)40(76-30(2)63)37(78-49)27-75-83(69,70)81-82(74-26-10-23-54)80-41-42(79-48(43(41)73-25-9-22-53)60-24-21-38(65)57-51(60)68)45(66)52(32-11-7-6-8-12-32,33-13-17-35(71-4)18-14-33)34-15-19-36(72-5)20-16-34/h6-8,11-21,24,28,37,40-45,48-49,66H,9-10,25-27H2,1-5H3,(H,69,70)(H,57,65,68)(H2,56,58,59,62,67)/t37-,40-,41-,42+,43-,44-,45?,48-,49-,82?/m1/s1. The van der Waals surface area contributed by atoms with E-state index in [0.29, 0.717) is 28.2 Å². The molecule has 2 aliphatic rings. The Morgan fingerprint density at radius 1 is 0.807 bits per heavy atom. The predicted octanol–water partition coefficient (Wildman–Crippen LogP) is 3.67. The molecule has 3 unspecified atom stereocenters. The van der Waals surface area contributed by atoms with E-state index in [2.05, 4.69) is 25.3 Å². The maximum absolute atomic E-state index is 14.4. The number of phosphoric acid groups is 1. The van der Waals surface area contributed by atoms with Crippen LogP contribution in [0.1, 0.15) is 62.8 Å². The Kier molecular flexibility index (Phi) is 19.8. The van der Waals surface area contributed by atoms with Crippen LogP contribution < -0.4 is 31.6 Å². The number of phosphoric ester groups is 1. The monoisotopic (exact) mass is 1190 g/mol. The number of imidazole rings is 1. The number of aliphatic hydroxyl groups excluding tert-OH is 1. The molecule has 29 nitrogen and oxygen atoms in total. The van der Waals surface area contributed by atoms with E-state index in [9.17, 15) is 53.9 Å². The summed E-state index contributed by atoms with van der Waals surface area (Å²) in [4.78, 5) is 101. The van der Waals surface area contributed by atoms with Gasteiger partial charge in [-0.05, 0) is 41.0 Å². The molecular formula is C52H55N9O20P2. The van der Waals surface area contributed by atoms with Crippen molar-refractivity contribution in [1.82, 2.24) is 29.1 Å². The lowest BCUT2D eigenvalue weighted by molar-refractivity contribution is -0.165. The second kappa shape index (κ2) is 26.9. The lowest BCUT2D eigenvalue weighted by Crippen LogP contribution is -2.53. The van der Waals surface area contributed by atoms with E-state index in [4.69, 9.17) is 51.0 Å². The highest BCUT2D eigenvalue weighted by Gasteiger charge is 2.59. The number of fused-ring (bicyclic) bond motifs is 1. The van der Waals surface area contributed by atoms with E-state index in [1.165, 1.54) is 21.1 Å². The van der Waals surface area contributed by atoms with E-state index in [1.807, 2.05) is 12.1 Å². The van der Waals surface area contributed by atoms with Gasteiger partial charge in [0.25, 0.3) is 11.1 Å². The summed E-state index contributed by atoms with van der Waals surface area (Å²) in [6.45, 7) is 1.38. The number of hydrogen-bond donors (Lipinski definition) is 5. The lowest BCUT2D eigenvalue weighted by atomic mass is 9.64. The summed E-state index contributed by atoms with van der Waals surface area (Å²) in [6.07, 6.45) is -13.3. The first kappa shape index (κ1) is 61.1. The molecule has 31 heteroatoms. The number of esters is 2. The molecule has 0 bridgehead atoms. The van der Waals surface area contributed by atoms with Gasteiger partial charge in [0.15, 0.2) is 35.8 Å². The number of nitrogens with one attached hydrogen (secondary N) is 3. The van der Waals surface area contributed by atoms with Crippen LogP contribution >= 0.6 is 16.4 Å². The van der Waals surface area contributed by atoms with Crippen LogP contribution in [0.4, 0.5) is 5.95 Å². The molecule has 3 aromatic heterocycles. The van der Waals surface area contributed by atoms with Gasteiger partial charge in [0.05, 0.1) is 70.8 Å². The second-order valence-corrected chi connectivity index (χ2v) is 21.1. The highest BCUT2D eigenvalue weighted by Crippen LogP contribution is 2.61. The third-order valence-electron chi connectivity index (χ3n) is 13.0. The number of amides is 1. The first-order valence-corrected chi connectivity index (χ1v) is 27.8. The van der Waals surface area contributed by atoms with Crippen LogP contribution in [0, 0.1) is 22.7 Å². The highest BCUT2D eigenvalue weighted by molar-refractivity contribution is 7.58. The Hall–Kier alpha value is -8.02. The number of aliphatic hydroxyl groups is 1. The molecule has 6 aromatic rings. The molecule has 8 rings (SSSR count). The molecule has 1 amide bonds. The molecular weight excluding hydrogens is 1130 g/mol. The SMILES string of the molecule is COc1ccc(C(c2ccccc2)(c2ccc(OC)cc2)C(O)[C@H]2O[C@@H](n3ccc(=O)[nH]c3=O)[C@H](OCCC#N)[C@@H]2OP(OCCC#N)OP(=O)(O)OC[C@H]2O[C@@H](n3cnc4c(=O)[nH]c(NC(C)=O)nc43)[C@H](OC(C)=O)[C@@H]2OC(C)=O)cc1. The molecule has 5 heterocycles. The quantitative estimate of drug-likeness (QED) is 0.0236. The van der Waals surface area contributed by atoms with Gasteiger partial charge in [-0.3, -0.25) is 52.9 Å². The molecule has 83 heavy (non-hydrogen) atoms. The van der Waals surface area contributed by atoms with E-state index in [0.717, 1.165) is 41.6 Å². The van der Waals surface area contributed by atoms with Gasteiger partial charge >= 0.3 is 34.1 Å². The van der Waals surface area contributed by atoms with Gasteiger partial charge in [-0.2, -0.15) is 15.5 Å². The maximum Gasteiger partial charge on any atom is 0.479 e. The summed E-state index contributed by atoms with van der Waals surface area (Å²) in [5, 5.41) is 35.3. The van der Waals surface area contributed by atoms with E-state index in [1.54, 1.807) is 78.9 Å². The average Bonchev–Trinajstić information content (AvgIpc) is 2.38. The van der Waals surface area contributed by atoms with Gasteiger partial charge < -0.3 is 52.2 Å². The second-order valence-electron chi connectivity index (χ2n) is 18.3. The molecule has 0 spiro atoms. The molecule has 3 aromatic carbocycles. The van der Waals surface area contributed by atoms with Gasteiger partial charge in [-0.25, -0.2) is 18.7 Å². The Balaban J connectivity index is 1.20. The Morgan fingerprint density at radius 3 is 2.00 bits per heavy atom. The smallest absolute Gasteiger partial charge is 0.479 e. The summed E-state index contributed by atoms with van der Waals surface area (Å²) in [6, 6.07) is 27.2. The van der Waals surface area contributed by atoms with Crippen molar-refractivity contribution in [1.29, 1.82) is 10.5 Å². The number of H-pyrrole nitrogens is 2. The zero-order valence-electron chi connectivity index (χ0n) is 44.8. The van der Waals surface area contributed by atoms with Crippen molar-refractivity contribution in [2.75, 3.05) is 39.4 Å². The highest BCUT2D eigenvalue weighted by atomic mass is 31.3. The first-order valence-electron chi connectivity index (χ1n) is 25.2. The van der Waals surface area contributed by atoms with E-state index in [-0.39, 0.29) is 36.6 Å². The predicted molar refractivity (Wildman–Crippen MR) is 286 cm³/mol. The molecule has 0 aliphatic carbocycles. The topological polar surface area (TPSA) is 388 Å². The van der Waals surface area contributed by atoms with Gasteiger partial charge in [-0.1, -0.05) is 54.6 Å². The van der Waals surface area contributed by atoms with Crippen LogP contribution in [0.2, 0.25) is 0 Å². The van der Waals surface area contributed by atoms with Crippen molar-refractivity contribution in [2.24, 2.45) is 0 Å². The fourth-order valence-corrected chi connectivity index (χ4v) is 11.9. The number of aromatic amines is 2. The first-order chi connectivity index (χ1) is 39.8. The Bertz CT molecular complexity index is 3540. The Labute approximate surface area is 472 Å². The van der Waals surface area contributed by atoms with Gasteiger partial charge in [0.2, 0.25) is 11.9 Å². The number of aromatic nitrogens is 6. The number of hydrogen-bond acceptors (Lipinski definition) is 23. The molecule has 438 valence electrons. The number of benzene rings is 3. The number of carbonyl (C=O) groups is 3. The third-order valence-corrected chi connectivity index (χ3v) is 15.7. The minimum Gasteiger partial charge on any atom is -0.497 e. The zero-order chi connectivity index (χ0) is 59.6. The summed E-state index contributed by atoms with van der Waals surface area (Å²) in [5.41, 5.74) is -3.33. The lowest BCUT2D eigenvalue weighted by Gasteiger charge is -2.43. The number of nitrogens with zero attached hydrogens (tertiary/aromatic N) is 6. The molecule has 2 aliphatic heterocycles. The Morgan fingerprint density at radius 2 is 1.41 bits per heavy atom. The number of ether oxygens (including phenoxy) is 7. The largest absolute Gasteiger partial charge is 0.497 e.